The van der Waals surface area contributed by atoms with Crippen LogP contribution in [0.2, 0.25) is 0 Å². The van der Waals surface area contributed by atoms with Gasteiger partial charge in [-0.1, -0.05) is 6.42 Å². The molecule has 0 unspecified atom stereocenters. The Labute approximate surface area is 159 Å². The molecule has 1 N–H and O–H groups in total. The largest absolute Gasteiger partial charge is 0.433 e. The first-order valence-electron chi connectivity index (χ1n) is 8.32. The van der Waals surface area contributed by atoms with Crippen molar-refractivity contribution in [1.82, 2.24) is 4.31 Å². The van der Waals surface area contributed by atoms with E-state index in [1.807, 2.05) is 0 Å². The number of carbonyl (C=O) groups excluding carboxylic acids is 1. The fourth-order valence-electron chi connectivity index (χ4n) is 2.80. The maximum absolute atomic E-state index is 12.6. The van der Waals surface area contributed by atoms with E-state index < -0.39 is 22.5 Å². The number of benzene rings is 1. The Bertz CT molecular complexity index is 892. The van der Waals surface area contributed by atoms with Gasteiger partial charge in [-0.25, -0.2) is 8.42 Å². The van der Waals surface area contributed by atoms with Crippen molar-refractivity contribution in [2.24, 2.45) is 0 Å². The third-order valence-electron chi connectivity index (χ3n) is 4.12. The van der Waals surface area contributed by atoms with Crippen molar-refractivity contribution in [3.05, 3.63) is 40.6 Å². The Balaban J connectivity index is 1.71. The van der Waals surface area contributed by atoms with E-state index in [-0.39, 0.29) is 15.5 Å². The molecular formula is C17H18F2N2O4S2. The second-order valence-corrected chi connectivity index (χ2v) is 8.79. The van der Waals surface area contributed by atoms with E-state index in [1.165, 1.54) is 40.0 Å². The molecule has 1 aliphatic rings. The van der Waals surface area contributed by atoms with Crippen molar-refractivity contribution in [2.45, 2.75) is 30.8 Å². The van der Waals surface area contributed by atoms with E-state index in [0.29, 0.717) is 18.8 Å². The van der Waals surface area contributed by atoms with Crippen molar-refractivity contribution in [2.75, 3.05) is 18.4 Å². The zero-order valence-electron chi connectivity index (χ0n) is 14.2. The number of hydrogen-bond donors (Lipinski definition) is 1. The predicted octanol–water partition coefficient (Wildman–Crippen LogP) is 3.78. The lowest BCUT2D eigenvalue weighted by molar-refractivity contribution is -0.0498. The Kier molecular flexibility index (Phi) is 6.08. The number of hydrogen-bond acceptors (Lipinski definition) is 5. The molecule has 1 aromatic carbocycles. The average molecular weight is 416 g/mol. The van der Waals surface area contributed by atoms with Gasteiger partial charge in [-0.2, -0.15) is 13.1 Å². The number of carbonyl (C=O) groups is 1. The van der Waals surface area contributed by atoms with Crippen molar-refractivity contribution < 1.29 is 26.7 Å². The van der Waals surface area contributed by atoms with Crippen LogP contribution in [-0.2, 0) is 10.0 Å². The molecule has 1 aliphatic heterocycles. The lowest BCUT2D eigenvalue weighted by Gasteiger charge is -2.25. The van der Waals surface area contributed by atoms with Crippen LogP contribution in [0.5, 0.6) is 5.75 Å². The molecular weight excluding hydrogens is 398 g/mol. The van der Waals surface area contributed by atoms with Crippen LogP contribution in [0.25, 0.3) is 0 Å². The minimum Gasteiger partial charge on any atom is -0.433 e. The maximum atomic E-state index is 12.6. The van der Waals surface area contributed by atoms with Crippen LogP contribution < -0.4 is 10.1 Å². The van der Waals surface area contributed by atoms with Gasteiger partial charge in [0.05, 0.1) is 4.90 Å². The summed E-state index contributed by atoms with van der Waals surface area (Å²) in [5.74, 6) is -0.802. The average Bonchev–Trinajstić information content (AvgIpc) is 3.10. The fraction of sp³-hybridized carbons (Fsp3) is 0.353. The summed E-state index contributed by atoms with van der Waals surface area (Å²) >= 11 is 0.972. The van der Waals surface area contributed by atoms with Gasteiger partial charge in [-0.15, -0.1) is 11.3 Å². The van der Waals surface area contributed by atoms with Crippen LogP contribution in [0.15, 0.2) is 40.6 Å². The Morgan fingerprint density at radius 2 is 1.78 bits per heavy atom. The third kappa shape index (κ3) is 4.63. The normalized spacial score (nSPS) is 15.7. The SMILES string of the molecule is O=C(Nc1ccc(S(=O)(=O)N2CCCCC2)cc1)c1sccc1OC(F)F. The lowest BCUT2D eigenvalue weighted by Crippen LogP contribution is -2.35. The van der Waals surface area contributed by atoms with Gasteiger partial charge in [0.2, 0.25) is 10.0 Å². The monoisotopic (exact) mass is 416 g/mol. The van der Waals surface area contributed by atoms with Gasteiger partial charge in [0.25, 0.3) is 5.91 Å². The number of ether oxygens (including phenoxy) is 1. The van der Waals surface area contributed by atoms with Gasteiger partial charge in [0, 0.05) is 18.8 Å². The summed E-state index contributed by atoms with van der Waals surface area (Å²) in [6, 6.07) is 7.07. The molecule has 0 aliphatic carbocycles. The summed E-state index contributed by atoms with van der Waals surface area (Å²) in [6.07, 6.45) is 2.71. The number of sulfonamides is 1. The highest BCUT2D eigenvalue weighted by atomic mass is 32.2. The number of amides is 1. The predicted molar refractivity (Wildman–Crippen MR) is 98.0 cm³/mol. The molecule has 146 valence electrons. The molecule has 0 radical (unpaired) electrons. The second kappa shape index (κ2) is 8.32. The third-order valence-corrected chi connectivity index (χ3v) is 6.92. The highest BCUT2D eigenvalue weighted by Gasteiger charge is 2.26. The topological polar surface area (TPSA) is 75.7 Å². The number of piperidine rings is 1. The smallest absolute Gasteiger partial charge is 0.387 e. The summed E-state index contributed by atoms with van der Waals surface area (Å²) in [7, 11) is -3.55. The van der Waals surface area contributed by atoms with Crippen molar-refractivity contribution in [1.29, 1.82) is 0 Å². The first-order valence-corrected chi connectivity index (χ1v) is 10.6. The first-order chi connectivity index (χ1) is 12.9. The van der Waals surface area contributed by atoms with Crippen LogP contribution >= 0.6 is 11.3 Å². The van der Waals surface area contributed by atoms with Gasteiger partial charge in [0.1, 0.15) is 10.6 Å². The molecule has 3 rings (SSSR count). The zero-order valence-corrected chi connectivity index (χ0v) is 15.9. The summed E-state index contributed by atoms with van der Waals surface area (Å²) < 4.78 is 55.7. The first kappa shape index (κ1) is 19.7. The molecule has 1 amide bonds. The summed E-state index contributed by atoms with van der Waals surface area (Å²) in [5.41, 5.74) is 0.356. The van der Waals surface area contributed by atoms with Gasteiger partial charge < -0.3 is 10.1 Å². The van der Waals surface area contributed by atoms with Crippen molar-refractivity contribution >= 4 is 33.0 Å². The van der Waals surface area contributed by atoms with E-state index >= 15 is 0 Å². The van der Waals surface area contributed by atoms with E-state index in [9.17, 15) is 22.0 Å². The zero-order chi connectivity index (χ0) is 19.4. The maximum Gasteiger partial charge on any atom is 0.387 e. The summed E-state index contributed by atoms with van der Waals surface area (Å²) in [5, 5.41) is 4.03. The number of halogens is 2. The Morgan fingerprint density at radius 3 is 2.41 bits per heavy atom. The van der Waals surface area contributed by atoms with Gasteiger partial charge in [0.15, 0.2) is 0 Å². The van der Waals surface area contributed by atoms with Gasteiger partial charge >= 0.3 is 6.61 Å². The summed E-state index contributed by atoms with van der Waals surface area (Å²) in [4.78, 5) is 12.4. The molecule has 0 atom stereocenters. The number of nitrogens with zero attached hydrogens (tertiary/aromatic N) is 1. The summed E-state index contributed by atoms with van der Waals surface area (Å²) in [6.45, 7) is -2.01. The highest BCUT2D eigenvalue weighted by Crippen LogP contribution is 2.28. The van der Waals surface area contributed by atoms with Crippen LogP contribution in [-0.4, -0.2) is 38.3 Å². The van der Waals surface area contributed by atoms with E-state index in [0.717, 1.165) is 30.6 Å². The molecule has 1 saturated heterocycles. The van der Waals surface area contributed by atoms with Crippen LogP contribution in [0, 0.1) is 0 Å². The Morgan fingerprint density at radius 1 is 1.11 bits per heavy atom. The fourth-order valence-corrected chi connectivity index (χ4v) is 5.04. The Hall–Kier alpha value is -2.04. The number of thiophene rings is 1. The minimum atomic E-state index is -3.55. The van der Waals surface area contributed by atoms with Crippen molar-refractivity contribution in [3.63, 3.8) is 0 Å². The van der Waals surface area contributed by atoms with E-state index in [1.54, 1.807) is 0 Å². The molecule has 6 nitrogen and oxygen atoms in total. The molecule has 2 aromatic rings. The molecule has 0 saturated carbocycles. The number of rotatable bonds is 6. The van der Waals surface area contributed by atoms with Crippen LogP contribution in [0.1, 0.15) is 28.9 Å². The minimum absolute atomic E-state index is 0.0142. The van der Waals surface area contributed by atoms with Crippen LogP contribution in [0.3, 0.4) is 0 Å². The van der Waals surface area contributed by atoms with Crippen LogP contribution in [0.4, 0.5) is 14.5 Å². The quantitative estimate of drug-likeness (QED) is 0.778. The van der Waals surface area contributed by atoms with E-state index in [2.05, 4.69) is 10.1 Å². The number of alkyl halides is 2. The van der Waals surface area contributed by atoms with Crippen molar-refractivity contribution in [3.8, 4) is 5.75 Å². The van der Waals surface area contributed by atoms with Gasteiger partial charge in [-0.3, -0.25) is 4.79 Å². The standard InChI is InChI=1S/C17H18F2N2O4S2/c18-17(19)25-14-8-11-26-15(14)16(22)20-12-4-6-13(7-5-12)27(23,24)21-9-2-1-3-10-21/h4-8,11,17H,1-3,9-10H2,(H,20,22). The molecule has 10 heteroatoms. The molecule has 1 aromatic heterocycles. The molecule has 2 heterocycles. The molecule has 27 heavy (non-hydrogen) atoms. The number of anilines is 1. The molecule has 1 fully saturated rings. The van der Waals surface area contributed by atoms with E-state index in [4.69, 9.17) is 0 Å². The van der Waals surface area contributed by atoms with Gasteiger partial charge in [-0.05, 0) is 48.6 Å². The molecule has 0 spiro atoms. The second-order valence-electron chi connectivity index (χ2n) is 5.94. The number of nitrogens with one attached hydrogen (secondary N) is 1. The lowest BCUT2D eigenvalue weighted by atomic mass is 10.2. The highest BCUT2D eigenvalue weighted by molar-refractivity contribution is 7.89. The molecule has 0 bridgehead atoms.